The van der Waals surface area contributed by atoms with E-state index in [9.17, 15) is 4.79 Å². The van der Waals surface area contributed by atoms with Crippen LogP contribution in [0, 0.1) is 17.3 Å². The van der Waals surface area contributed by atoms with Crippen LogP contribution in [0.1, 0.15) is 77.6 Å². The second-order valence-electron chi connectivity index (χ2n) is 7.42. The van der Waals surface area contributed by atoms with Gasteiger partial charge in [-0.25, -0.2) is 0 Å². The highest BCUT2D eigenvalue weighted by Gasteiger charge is 2.34. The van der Waals surface area contributed by atoms with Gasteiger partial charge in [0.25, 0.3) is 0 Å². The summed E-state index contributed by atoms with van der Waals surface area (Å²) in [5.41, 5.74) is 0.190. The highest BCUT2D eigenvalue weighted by molar-refractivity contribution is 6.18. The topological polar surface area (TPSA) is 29.1 Å². The molecule has 2 rings (SSSR count). The first-order chi connectivity index (χ1) is 10.2. The molecule has 0 bridgehead atoms. The molecule has 0 aromatic heterocycles. The van der Waals surface area contributed by atoms with Crippen LogP contribution in [0.4, 0.5) is 0 Å². The molecular formula is C18H32ClNO. The van der Waals surface area contributed by atoms with E-state index in [1.54, 1.807) is 0 Å². The van der Waals surface area contributed by atoms with Gasteiger partial charge in [-0.3, -0.25) is 4.79 Å². The van der Waals surface area contributed by atoms with Crippen LogP contribution in [-0.2, 0) is 4.79 Å². The van der Waals surface area contributed by atoms with Crippen molar-refractivity contribution in [1.82, 2.24) is 5.32 Å². The van der Waals surface area contributed by atoms with Gasteiger partial charge in [0.2, 0.25) is 5.91 Å². The molecule has 0 aliphatic heterocycles. The van der Waals surface area contributed by atoms with Crippen LogP contribution in [0.2, 0.25) is 0 Å². The molecule has 21 heavy (non-hydrogen) atoms. The lowest BCUT2D eigenvalue weighted by molar-refractivity contribution is -0.126. The molecule has 0 radical (unpaired) electrons. The summed E-state index contributed by atoms with van der Waals surface area (Å²) in [5, 5.41) is 3.22. The molecular weight excluding hydrogens is 282 g/mol. The molecule has 0 atom stereocenters. The van der Waals surface area contributed by atoms with Gasteiger partial charge >= 0.3 is 0 Å². The lowest BCUT2D eigenvalue weighted by Gasteiger charge is -2.30. The maximum absolute atomic E-state index is 12.4. The standard InChI is InChI=1S/C18H32ClNO/c1-2-3-6-15-7-9-16(10-8-15)17(21)20-14-18(13-19)11-4-5-12-18/h15-16H,2-14H2,1H3,(H,20,21). The number of carbonyl (C=O) groups excluding carboxylic acids is 1. The summed E-state index contributed by atoms with van der Waals surface area (Å²) in [6.07, 6.45) is 13.6. The zero-order valence-electron chi connectivity index (χ0n) is 13.6. The van der Waals surface area contributed by atoms with E-state index in [0.717, 1.165) is 25.3 Å². The fourth-order valence-electron chi connectivity index (χ4n) is 4.11. The Labute approximate surface area is 135 Å². The van der Waals surface area contributed by atoms with Gasteiger partial charge < -0.3 is 5.32 Å². The molecule has 1 N–H and O–H groups in total. The molecule has 0 aromatic carbocycles. The largest absolute Gasteiger partial charge is 0.355 e. The summed E-state index contributed by atoms with van der Waals surface area (Å²) in [4.78, 5) is 12.4. The van der Waals surface area contributed by atoms with Crippen LogP contribution in [0.15, 0.2) is 0 Å². The first-order valence-electron chi connectivity index (χ1n) is 9.03. The van der Waals surface area contributed by atoms with Crippen molar-refractivity contribution in [3.8, 4) is 0 Å². The number of rotatable bonds is 7. The number of halogens is 1. The van der Waals surface area contributed by atoms with Crippen LogP contribution in [-0.4, -0.2) is 18.3 Å². The van der Waals surface area contributed by atoms with Crippen molar-refractivity contribution >= 4 is 17.5 Å². The average molecular weight is 314 g/mol. The van der Waals surface area contributed by atoms with Crippen LogP contribution in [0.5, 0.6) is 0 Å². The normalized spacial score (nSPS) is 28.5. The Morgan fingerprint density at radius 2 is 1.86 bits per heavy atom. The van der Waals surface area contributed by atoms with Crippen LogP contribution < -0.4 is 5.32 Å². The Morgan fingerprint density at radius 1 is 1.19 bits per heavy atom. The number of hydrogen-bond acceptors (Lipinski definition) is 1. The summed E-state index contributed by atoms with van der Waals surface area (Å²) >= 11 is 6.15. The maximum atomic E-state index is 12.4. The number of nitrogens with one attached hydrogen (secondary N) is 1. The van der Waals surface area contributed by atoms with Crippen molar-refractivity contribution < 1.29 is 4.79 Å². The van der Waals surface area contributed by atoms with Gasteiger partial charge in [-0.1, -0.05) is 39.0 Å². The second kappa shape index (κ2) is 8.41. The van der Waals surface area contributed by atoms with Crippen molar-refractivity contribution in [2.45, 2.75) is 77.6 Å². The molecule has 0 heterocycles. The SMILES string of the molecule is CCCCC1CCC(C(=O)NCC2(CCl)CCCC2)CC1. The van der Waals surface area contributed by atoms with E-state index in [-0.39, 0.29) is 11.3 Å². The van der Waals surface area contributed by atoms with Crippen molar-refractivity contribution in [3.05, 3.63) is 0 Å². The van der Waals surface area contributed by atoms with Crippen LogP contribution in [0.3, 0.4) is 0 Å². The third-order valence-electron chi connectivity index (χ3n) is 5.77. The van der Waals surface area contributed by atoms with Gasteiger partial charge in [0.15, 0.2) is 0 Å². The minimum Gasteiger partial charge on any atom is -0.355 e. The summed E-state index contributed by atoms with van der Waals surface area (Å²) in [7, 11) is 0. The predicted octanol–water partition coefficient (Wildman–Crippen LogP) is 4.90. The Morgan fingerprint density at radius 3 is 2.43 bits per heavy atom. The van der Waals surface area contributed by atoms with Gasteiger partial charge in [-0.15, -0.1) is 11.6 Å². The van der Waals surface area contributed by atoms with Crippen molar-refractivity contribution in [1.29, 1.82) is 0 Å². The van der Waals surface area contributed by atoms with E-state index in [0.29, 0.717) is 11.8 Å². The minimum absolute atomic E-state index is 0.190. The molecule has 0 spiro atoms. The molecule has 2 aliphatic carbocycles. The Balaban J connectivity index is 1.70. The van der Waals surface area contributed by atoms with Crippen molar-refractivity contribution in [2.75, 3.05) is 12.4 Å². The van der Waals surface area contributed by atoms with Crippen molar-refractivity contribution in [3.63, 3.8) is 0 Å². The molecule has 0 saturated heterocycles. The van der Waals surface area contributed by atoms with E-state index in [1.165, 1.54) is 57.8 Å². The Hall–Kier alpha value is -0.240. The van der Waals surface area contributed by atoms with Gasteiger partial charge in [0, 0.05) is 23.8 Å². The zero-order valence-corrected chi connectivity index (χ0v) is 14.4. The first-order valence-corrected chi connectivity index (χ1v) is 9.56. The summed E-state index contributed by atoms with van der Waals surface area (Å²) in [6, 6.07) is 0. The molecule has 0 unspecified atom stereocenters. The lowest BCUT2D eigenvalue weighted by Crippen LogP contribution is -2.40. The minimum atomic E-state index is 0.190. The third kappa shape index (κ3) is 4.87. The van der Waals surface area contributed by atoms with Crippen LogP contribution >= 0.6 is 11.6 Å². The van der Waals surface area contributed by atoms with E-state index in [1.807, 2.05) is 0 Å². The fraction of sp³-hybridized carbons (Fsp3) is 0.944. The Bertz CT molecular complexity index is 317. The number of amides is 1. The highest BCUT2D eigenvalue weighted by atomic mass is 35.5. The molecule has 122 valence electrons. The van der Waals surface area contributed by atoms with Gasteiger partial charge in [0.1, 0.15) is 0 Å². The summed E-state index contributed by atoms with van der Waals surface area (Å²) < 4.78 is 0. The summed E-state index contributed by atoms with van der Waals surface area (Å²) in [5.74, 6) is 2.12. The molecule has 2 fully saturated rings. The average Bonchev–Trinajstić information content (AvgIpc) is 3.00. The Kier molecular flexibility index (Phi) is 6.85. The summed E-state index contributed by atoms with van der Waals surface area (Å²) in [6.45, 7) is 3.06. The molecule has 3 heteroatoms. The molecule has 2 saturated carbocycles. The van der Waals surface area contributed by atoms with E-state index in [4.69, 9.17) is 11.6 Å². The molecule has 2 aliphatic rings. The number of hydrogen-bond donors (Lipinski definition) is 1. The van der Waals surface area contributed by atoms with Gasteiger partial charge in [0.05, 0.1) is 0 Å². The zero-order chi connectivity index (χ0) is 15.1. The number of carbonyl (C=O) groups is 1. The quantitative estimate of drug-likeness (QED) is 0.666. The van der Waals surface area contributed by atoms with E-state index < -0.39 is 0 Å². The van der Waals surface area contributed by atoms with Crippen LogP contribution in [0.25, 0.3) is 0 Å². The van der Waals surface area contributed by atoms with E-state index in [2.05, 4.69) is 12.2 Å². The monoisotopic (exact) mass is 313 g/mol. The van der Waals surface area contributed by atoms with Gasteiger partial charge in [-0.05, 0) is 44.4 Å². The maximum Gasteiger partial charge on any atom is 0.223 e. The fourth-order valence-corrected chi connectivity index (χ4v) is 4.47. The first kappa shape index (κ1) is 17.1. The molecule has 2 nitrogen and oxygen atoms in total. The third-order valence-corrected chi connectivity index (χ3v) is 6.34. The lowest BCUT2D eigenvalue weighted by atomic mass is 9.79. The number of alkyl halides is 1. The second-order valence-corrected chi connectivity index (χ2v) is 7.69. The molecule has 0 aromatic rings. The highest BCUT2D eigenvalue weighted by Crippen LogP contribution is 2.39. The predicted molar refractivity (Wildman–Crippen MR) is 89.6 cm³/mol. The van der Waals surface area contributed by atoms with E-state index >= 15 is 0 Å². The number of unbranched alkanes of at least 4 members (excludes halogenated alkanes) is 1. The smallest absolute Gasteiger partial charge is 0.223 e. The van der Waals surface area contributed by atoms with Crippen molar-refractivity contribution in [2.24, 2.45) is 17.3 Å². The molecule has 1 amide bonds. The van der Waals surface area contributed by atoms with Gasteiger partial charge in [-0.2, -0.15) is 0 Å².